The Labute approximate surface area is 200 Å². The number of aryl methyl sites for hydroxylation is 3. The summed E-state index contributed by atoms with van der Waals surface area (Å²) in [6, 6.07) is 20.4. The number of guanidine groups is 1. The maximum absolute atomic E-state index is 13.6. The van der Waals surface area contributed by atoms with Gasteiger partial charge in [0.1, 0.15) is 5.82 Å². The van der Waals surface area contributed by atoms with Crippen molar-refractivity contribution in [2.75, 3.05) is 26.2 Å². The quantitative estimate of drug-likeness (QED) is 0.443. The van der Waals surface area contributed by atoms with E-state index in [1.54, 1.807) is 12.1 Å². The molecule has 1 aliphatic rings. The number of piperazine rings is 1. The predicted octanol–water partition coefficient (Wildman–Crippen LogP) is 4.99. The van der Waals surface area contributed by atoms with E-state index in [0.29, 0.717) is 31.2 Å². The molecule has 0 atom stereocenters. The van der Waals surface area contributed by atoms with Gasteiger partial charge in [0, 0.05) is 38.3 Å². The molecule has 1 aliphatic heterocycles. The molecule has 1 fully saturated rings. The molecular weight excluding hydrogens is 427 g/mol. The van der Waals surface area contributed by atoms with Gasteiger partial charge in [0.25, 0.3) is 5.91 Å². The number of halogens is 1. The fourth-order valence-corrected chi connectivity index (χ4v) is 4.29. The summed E-state index contributed by atoms with van der Waals surface area (Å²) in [7, 11) is 0. The van der Waals surface area contributed by atoms with Gasteiger partial charge in [-0.25, -0.2) is 9.38 Å². The number of aliphatic imine (C=N–C) groups is 1. The predicted molar refractivity (Wildman–Crippen MR) is 135 cm³/mol. The topological polar surface area (TPSA) is 47.9 Å². The van der Waals surface area contributed by atoms with Crippen molar-refractivity contribution in [3.63, 3.8) is 0 Å². The van der Waals surface area contributed by atoms with Crippen LogP contribution in [0.4, 0.5) is 10.1 Å². The number of amides is 1. The van der Waals surface area contributed by atoms with Crippen LogP contribution in [-0.4, -0.2) is 47.8 Å². The summed E-state index contributed by atoms with van der Waals surface area (Å²) in [5.41, 5.74) is 5.68. The third kappa shape index (κ3) is 6.29. The largest absolute Gasteiger partial charge is 0.340 e. The van der Waals surface area contributed by atoms with E-state index >= 15 is 0 Å². The molecule has 0 aromatic heterocycles. The van der Waals surface area contributed by atoms with Crippen LogP contribution in [0.2, 0.25) is 0 Å². The van der Waals surface area contributed by atoms with Crippen molar-refractivity contribution in [3.05, 3.63) is 100 Å². The lowest BCUT2D eigenvalue weighted by Crippen LogP contribution is -2.53. The molecule has 5 nitrogen and oxygen atoms in total. The van der Waals surface area contributed by atoms with Crippen molar-refractivity contribution in [1.82, 2.24) is 15.1 Å². The Kier molecular flexibility index (Phi) is 7.38. The van der Waals surface area contributed by atoms with Gasteiger partial charge in [-0.3, -0.25) is 15.0 Å². The second-order valence-corrected chi connectivity index (χ2v) is 9.00. The number of nitrogens with one attached hydrogen (secondary N) is 1. The van der Waals surface area contributed by atoms with Gasteiger partial charge in [-0.15, -0.1) is 0 Å². The summed E-state index contributed by atoms with van der Waals surface area (Å²) in [5.74, 6) is 0.175. The van der Waals surface area contributed by atoms with Crippen LogP contribution in [0.15, 0.2) is 71.7 Å². The highest BCUT2D eigenvalue weighted by Crippen LogP contribution is 2.19. The first-order valence-electron chi connectivity index (χ1n) is 11.6. The molecule has 0 unspecified atom stereocenters. The summed E-state index contributed by atoms with van der Waals surface area (Å²) in [4.78, 5) is 22.3. The Balaban J connectivity index is 1.52. The Morgan fingerprint density at radius 1 is 0.882 bits per heavy atom. The summed E-state index contributed by atoms with van der Waals surface area (Å²) < 4.78 is 13.6. The molecule has 176 valence electrons. The lowest BCUT2D eigenvalue weighted by atomic mass is 10.1. The fourth-order valence-electron chi connectivity index (χ4n) is 4.29. The van der Waals surface area contributed by atoms with Gasteiger partial charge in [0.2, 0.25) is 5.96 Å². The minimum absolute atomic E-state index is 0.172. The molecule has 1 saturated heterocycles. The number of benzene rings is 3. The molecule has 1 heterocycles. The Hall–Kier alpha value is -3.51. The van der Waals surface area contributed by atoms with E-state index in [9.17, 15) is 9.18 Å². The maximum atomic E-state index is 13.6. The van der Waals surface area contributed by atoms with Crippen LogP contribution in [0.1, 0.15) is 32.6 Å². The van der Waals surface area contributed by atoms with E-state index in [1.807, 2.05) is 63.2 Å². The van der Waals surface area contributed by atoms with E-state index in [2.05, 4.69) is 21.2 Å². The van der Waals surface area contributed by atoms with E-state index in [-0.39, 0.29) is 11.7 Å². The van der Waals surface area contributed by atoms with Gasteiger partial charge in [-0.05, 0) is 73.9 Å². The van der Waals surface area contributed by atoms with Crippen LogP contribution in [0.3, 0.4) is 0 Å². The van der Waals surface area contributed by atoms with Crippen molar-refractivity contribution in [2.45, 2.75) is 27.3 Å². The Morgan fingerprint density at radius 2 is 1.59 bits per heavy atom. The lowest BCUT2D eigenvalue weighted by Gasteiger charge is -2.36. The standard InChI is InChI=1S/C28H31FN4O/c1-20-6-4-8-24(15-20)27(34)31-28(30-26-16-21(2)14-22(3)17-26)33-12-10-32(11-13-33)19-23-7-5-9-25(29)18-23/h4-9,14-18H,10-13,19H2,1-3H3,(H,30,31,34). The number of carbonyl (C=O) groups excluding carboxylic acids is 1. The third-order valence-electron chi connectivity index (χ3n) is 5.91. The van der Waals surface area contributed by atoms with Gasteiger partial charge in [0.05, 0.1) is 5.69 Å². The highest BCUT2D eigenvalue weighted by atomic mass is 19.1. The van der Waals surface area contributed by atoms with Crippen LogP contribution in [0, 0.1) is 26.6 Å². The monoisotopic (exact) mass is 458 g/mol. The first kappa shape index (κ1) is 23.6. The average Bonchev–Trinajstić information content (AvgIpc) is 2.78. The summed E-state index contributed by atoms with van der Waals surface area (Å²) in [6.07, 6.45) is 0. The van der Waals surface area contributed by atoms with Crippen LogP contribution in [0.5, 0.6) is 0 Å². The first-order chi connectivity index (χ1) is 16.4. The zero-order valence-electron chi connectivity index (χ0n) is 20.0. The van der Waals surface area contributed by atoms with Crippen LogP contribution in [0.25, 0.3) is 0 Å². The van der Waals surface area contributed by atoms with Gasteiger partial charge >= 0.3 is 0 Å². The van der Waals surface area contributed by atoms with Crippen LogP contribution in [-0.2, 0) is 6.54 Å². The van der Waals surface area contributed by atoms with Crippen molar-refractivity contribution < 1.29 is 9.18 Å². The number of hydrogen-bond donors (Lipinski definition) is 1. The second kappa shape index (κ2) is 10.6. The number of carbonyl (C=O) groups is 1. The minimum atomic E-state index is -0.210. The molecule has 34 heavy (non-hydrogen) atoms. The average molecular weight is 459 g/mol. The van der Waals surface area contributed by atoms with Crippen LogP contribution < -0.4 is 5.32 Å². The molecule has 0 radical (unpaired) electrons. The van der Waals surface area contributed by atoms with Gasteiger partial charge in [-0.1, -0.05) is 35.9 Å². The molecule has 1 amide bonds. The molecule has 0 saturated carbocycles. The highest BCUT2D eigenvalue weighted by molar-refractivity contribution is 6.06. The van der Waals surface area contributed by atoms with Gasteiger partial charge in [-0.2, -0.15) is 0 Å². The molecule has 6 heteroatoms. The van der Waals surface area contributed by atoms with E-state index in [1.165, 1.54) is 6.07 Å². The van der Waals surface area contributed by atoms with Crippen molar-refractivity contribution in [3.8, 4) is 0 Å². The van der Waals surface area contributed by atoms with Gasteiger partial charge < -0.3 is 4.90 Å². The Bertz CT molecular complexity index is 1180. The van der Waals surface area contributed by atoms with Crippen molar-refractivity contribution in [2.24, 2.45) is 4.99 Å². The molecule has 0 spiro atoms. The third-order valence-corrected chi connectivity index (χ3v) is 5.91. The molecular formula is C28H31FN4O. The molecule has 3 aromatic carbocycles. The van der Waals surface area contributed by atoms with Crippen molar-refractivity contribution in [1.29, 1.82) is 0 Å². The highest BCUT2D eigenvalue weighted by Gasteiger charge is 2.22. The smallest absolute Gasteiger partial charge is 0.257 e. The zero-order chi connectivity index (χ0) is 24.1. The number of hydrogen-bond acceptors (Lipinski definition) is 3. The number of nitrogens with zero attached hydrogens (tertiary/aromatic N) is 3. The number of rotatable bonds is 4. The minimum Gasteiger partial charge on any atom is -0.340 e. The van der Waals surface area contributed by atoms with E-state index in [4.69, 9.17) is 4.99 Å². The van der Waals surface area contributed by atoms with Crippen molar-refractivity contribution >= 4 is 17.6 Å². The van der Waals surface area contributed by atoms with E-state index in [0.717, 1.165) is 41.0 Å². The SMILES string of the molecule is Cc1cc(C)cc(N=C(NC(=O)c2cccc(C)c2)N2CCN(Cc3cccc(F)c3)CC2)c1. The molecule has 4 rings (SSSR count). The second-order valence-electron chi connectivity index (χ2n) is 9.00. The molecule has 0 aliphatic carbocycles. The first-order valence-corrected chi connectivity index (χ1v) is 11.6. The summed E-state index contributed by atoms with van der Waals surface area (Å²) in [6.45, 7) is 9.78. The lowest BCUT2D eigenvalue weighted by molar-refractivity contribution is 0.0967. The van der Waals surface area contributed by atoms with E-state index < -0.39 is 0 Å². The normalized spacial score (nSPS) is 14.8. The fraction of sp³-hybridized carbons (Fsp3) is 0.286. The molecule has 3 aromatic rings. The zero-order valence-corrected chi connectivity index (χ0v) is 20.0. The molecule has 0 bridgehead atoms. The van der Waals surface area contributed by atoms with Crippen LogP contribution >= 0.6 is 0 Å². The Morgan fingerprint density at radius 3 is 2.26 bits per heavy atom. The summed E-state index contributed by atoms with van der Waals surface area (Å²) in [5, 5.41) is 3.06. The summed E-state index contributed by atoms with van der Waals surface area (Å²) >= 11 is 0. The maximum Gasteiger partial charge on any atom is 0.257 e. The van der Waals surface area contributed by atoms with Gasteiger partial charge in [0.15, 0.2) is 0 Å². The molecule has 1 N–H and O–H groups in total.